The van der Waals surface area contributed by atoms with Gasteiger partial charge in [-0.3, -0.25) is 9.59 Å². The van der Waals surface area contributed by atoms with Gasteiger partial charge in [-0.15, -0.1) is 11.8 Å². The Labute approximate surface area is 213 Å². The predicted octanol–water partition coefficient (Wildman–Crippen LogP) is 5.79. The lowest BCUT2D eigenvalue weighted by molar-refractivity contribution is -0.139. The molecule has 35 heavy (non-hydrogen) atoms. The molecule has 1 atom stereocenters. The van der Waals surface area contributed by atoms with Crippen molar-refractivity contribution in [2.75, 3.05) is 5.75 Å². The van der Waals surface area contributed by atoms with Crippen molar-refractivity contribution in [3.63, 3.8) is 0 Å². The molecular formula is C30H34N2O2S. The highest BCUT2D eigenvalue weighted by Crippen LogP contribution is 2.22. The van der Waals surface area contributed by atoms with Crippen molar-refractivity contribution in [1.82, 2.24) is 10.2 Å². The summed E-state index contributed by atoms with van der Waals surface area (Å²) in [4.78, 5) is 30.2. The molecule has 0 aromatic heterocycles. The molecule has 3 aromatic rings. The zero-order valence-corrected chi connectivity index (χ0v) is 21.2. The lowest BCUT2D eigenvalue weighted by Gasteiger charge is -2.32. The minimum Gasteiger partial charge on any atom is -0.352 e. The molecule has 1 aliphatic rings. The van der Waals surface area contributed by atoms with Crippen LogP contribution in [0, 0.1) is 6.92 Å². The van der Waals surface area contributed by atoms with E-state index in [-0.39, 0.29) is 23.6 Å². The third-order valence-corrected chi connectivity index (χ3v) is 7.55. The van der Waals surface area contributed by atoms with E-state index in [4.69, 9.17) is 0 Å². The van der Waals surface area contributed by atoms with Crippen LogP contribution in [0.3, 0.4) is 0 Å². The largest absolute Gasteiger partial charge is 0.352 e. The van der Waals surface area contributed by atoms with Gasteiger partial charge in [-0.05, 0) is 43.0 Å². The number of thioether (sulfide) groups is 1. The Balaban J connectivity index is 1.60. The lowest BCUT2D eigenvalue weighted by atomic mass is 10.0. The molecule has 5 heteroatoms. The molecule has 0 radical (unpaired) electrons. The Morgan fingerprint density at radius 2 is 1.51 bits per heavy atom. The van der Waals surface area contributed by atoms with Gasteiger partial charge >= 0.3 is 0 Å². The van der Waals surface area contributed by atoms with Crippen LogP contribution in [0.4, 0.5) is 0 Å². The molecule has 3 aromatic carbocycles. The summed E-state index contributed by atoms with van der Waals surface area (Å²) in [6, 6.07) is 27.8. The maximum Gasteiger partial charge on any atom is 0.243 e. The van der Waals surface area contributed by atoms with Crippen molar-refractivity contribution in [2.45, 2.75) is 62.6 Å². The van der Waals surface area contributed by atoms with Crippen LogP contribution in [0.15, 0.2) is 89.8 Å². The van der Waals surface area contributed by atoms with Crippen LogP contribution in [0.5, 0.6) is 0 Å². The first-order chi connectivity index (χ1) is 17.1. The summed E-state index contributed by atoms with van der Waals surface area (Å²) in [5, 5.41) is 3.26. The van der Waals surface area contributed by atoms with Gasteiger partial charge in [0.1, 0.15) is 6.04 Å². The van der Waals surface area contributed by atoms with Crippen LogP contribution >= 0.6 is 11.8 Å². The molecule has 0 aliphatic heterocycles. The number of aryl methyl sites for hydroxylation is 1. The van der Waals surface area contributed by atoms with Crippen molar-refractivity contribution in [3.8, 4) is 0 Å². The third-order valence-electron chi connectivity index (χ3n) is 6.55. The first-order valence-corrected chi connectivity index (χ1v) is 13.4. The molecule has 1 N–H and O–H groups in total. The van der Waals surface area contributed by atoms with E-state index in [9.17, 15) is 9.59 Å². The summed E-state index contributed by atoms with van der Waals surface area (Å²) in [5.41, 5.74) is 3.25. The molecule has 1 fully saturated rings. The standard InChI is InChI=1S/C30H34N2O2S/c1-23-16-18-25(19-17-23)21-32(29(33)22-35-27-14-6-3-7-15-27)28(20-24-10-4-2-5-11-24)30(34)31-26-12-8-9-13-26/h2-7,10-11,14-19,26,28H,8-9,12-13,20-22H2,1H3,(H,31,34)/t28-/m1/s1. The first kappa shape index (κ1) is 25.1. The van der Waals surface area contributed by atoms with Gasteiger partial charge in [-0.2, -0.15) is 0 Å². The first-order valence-electron chi connectivity index (χ1n) is 12.5. The van der Waals surface area contributed by atoms with E-state index in [1.807, 2.05) is 60.7 Å². The van der Waals surface area contributed by atoms with Gasteiger partial charge in [-0.1, -0.05) is 91.2 Å². The van der Waals surface area contributed by atoms with Crippen LogP contribution in [-0.2, 0) is 22.6 Å². The Morgan fingerprint density at radius 1 is 0.886 bits per heavy atom. The van der Waals surface area contributed by atoms with Gasteiger partial charge in [0, 0.05) is 23.9 Å². The quantitative estimate of drug-likeness (QED) is 0.369. The molecule has 0 saturated heterocycles. The van der Waals surface area contributed by atoms with Gasteiger partial charge < -0.3 is 10.2 Å². The van der Waals surface area contributed by atoms with E-state index in [2.05, 4.69) is 36.5 Å². The van der Waals surface area contributed by atoms with Crippen LogP contribution in [-0.4, -0.2) is 34.6 Å². The number of nitrogens with zero attached hydrogens (tertiary/aromatic N) is 1. The SMILES string of the molecule is Cc1ccc(CN(C(=O)CSc2ccccc2)[C@H](Cc2ccccc2)C(=O)NC2CCCC2)cc1. The summed E-state index contributed by atoms with van der Waals surface area (Å²) in [6.45, 7) is 2.46. The summed E-state index contributed by atoms with van der Waals surface area (Å²) < 4.78 is 0. The Bertz CT molecular complexity index is 1080. The molecule has 1 aliphatic carbocycles. The second-order valence-corrected chi connectivity index (χ2v) is 10.4. The molecule has 182 valence electrons. The number of rotatable bonds is 10. The maximum atomic E-state index is 13.7. The van der Waals surface area contributed by atoms with Crippen LogP contribution in [0.2, 0.25) is 0 Å². The number of benzene rings is 3. The smallest absolute Gasteiger partial charge is 0.243 e. The minimum atomic E-state index is -0.567. The highest BCUT2D eigenvalue weighted by molar-refractivity contribution is 8.00. The number of amides is 2. The zero-order chi connectivity index (χ0) is 24.5. The number of hydrogen-bond donors (Lipinski definition) is 1. The summed E-state index contributed by atoms with van der Waals surface area (Å²) in [7, 11) is 0. The van der Waals surface area contributed by atoms with Gasteiger partial charge in [-0.25, -0.2) is 0 Å². The van der Waals surface area contributed by atoms with Crippen molar-refractivity contribution in [3.05, 3.63) is 102 Å². The maximum absolute atomic E-state index is 13.7. The summed E-state index contributed by atoms with van der Waals surface area (Å²) in [6.07, 6.45) is 4.81. The molecule has 0 heterocycles. The van der Waals surface area contributed by atoms with Gasteiger partial charge in [0.05, 0.1) is 5.75 Å². The molecule has 0 spiro atoms. The van der Waals surface area contributed by atoms with Crippen molar-refractivity contribution in [1.29, 1.82) is 0 Å². The topological polar surface area (TPSA) is 49.4 Å². The fourth-order valence-corrected chi connectivity index (χ4v) is 5.36. The number of nitrogens with one attached hydrogen (secondary N) is 1. The zero-order valence-electron chi connectivity index (χ0n) is 20.4. The number of carbonyl (C=O) groups excluding carboxylic acids is 2. The van der Waals surface area contributed by atoms with Gasteiger partial charge in [0.15, 0.2) is 0 Å². The molecule has 4 rings (SSSR count). The van der Waals surface area contributed by atoms with Crippen molar-refractivity contribution >= 4 is 23.6 Å². The lowest BCUT2D eigenvalue weighted by Crippen LogP contribution is -2.52. The number of carbonyl (C=O) groups is 2. The molecule has 0 bridgehead atoms. The van der Waals surface area contributed by atoms with Crippen molar-refractivity contribution < 1.29 is 9.59 Å². The predicted molar refractivity (Wildman–Crippen MR) is 143 cm³/mol. The van der Waals surface area contributed by atoms with Crippen LogP contribution in [0.1, 0.15) is 42.4 Å². The highest BCUT2D eigenvalue weighted by atomic mass is 32.2. The third kappa shape index (κ3) is 7.46. The van der Waals surface area contributed by atoms with E-state index < -0.39 is 6.04 Å². The van der Waals surface area contributed by atoms with E-state index in [1.165, 1.54) is 17.3 Å². The van der Waals surface area contributed by atoms with Gasteiger partial charge in [0.25, 0.3) is 0 Å². The molecule has 0 unspecified atom stereocenters. The fraction of sp³-hybridized carbons (Fsp3) is 0.333. The molecule has 4 nitrogen and oxygen atoms in total. The van der Waals surface area contributed by atoms with Gasteiger partial charge in [0.2, 0.25) is 11.8 Å². The van der Waals surface area contributed by atoms with Crippen LogP contribution in [0.25, 0.3) is 0 Å². The molecule has 2 amide bonds. The highest BCUT2D eigenvalue weighted by Gasteiger charge is 2.32. The minimum absolute atomic E-state index is 0.0260. The summed E-state index contributed by atoms with van der Waals surface area (Å²) in [5.74, 6) is 0.213. The van der Waals surface area contributed by atoms with Crippen LogP contribution < -0.4 is 5.32 Å². The Kier molecular flexibility index (Phi) is 9.02. The second kappa shape index (κ2) is 12.6. The summed E-state index contributed by atoms with van der Waals surface area (Å²) >= 11 is 1.52. The Hall–Kier alpha value is -3.05. The second-order valence-electron chi connectivity index (χ2n) is 9.30. The molecule has 1 saturated carbocycles. The fourth-order valence-electron chi connectivity index (χ4n) is 4.56. The average molecular weight is 487 g/mol. The number of hydrogen-bond acceptors (Lipinski definition) is 3. The van der Waals surface area contributed by atoms with E-state index in [0.29, 0.717) is 13.0 Å². The average Bonchev–Trinajstić information content (AvgIpc) is 3.40. The Morgan fingerprint density at radius 3 is 2.17 bits per heavy atom. The monoisotopic (exact) mass is 486 g/mol. The van der Waals surface area contributed by atoms with E-state index >= 15 is 0 Å². The van der Waals surface area contributed by atoms with E-state index in [1.54, 1.807) is 4.90 Å². The van der Waals surface area contributed by atoms with Crippen molar-refractivity contribution in [2.24, 2.45) is 0 Å². The normalized spacial score (nSPS) is 14.4. The van der Waals surface area contributed by atoms with E-state index in [0.717, 1.165) is 41.7 Å². The molecular weight excluding hydrogens is 452 g/mol.